The lowest BCUT2D eigenvalue weighted by atomic mass is 9.80. The molecular formula is C14H17N3OS. The maximum atomic E-state index is 9.99. The van der Waals surface area contributed by atoms with Crippen LogP contribution in [0.25, 0.3) is 10.7 Å². The summed E-state index contributed by atoms with van der Waals surface area (Å²) in [6.07, 6.45) is 6.64. The van der Waals surface area contributed by atoms with E-state index in [0.29, 0.717) is 6.54 Å². The molecule has 4 nitrogen and oxygen atoms in total. The summed E-state index contributed by atoms with van der Waals surface area (Å²) < 4.78 is 0. The van der Waals surface area contributed by atoms with Gasteiger partial charge in [-0.05, 0) is 31.4 Å². The molecule has 0 spiro atoms. The molecule has 0 saturated heterocycles. The Morgan fingerprint density at radius 2 is 2.21 bits per heavy atom. The van der Waals surface area contributed by atoms with Crippen LogP contribution in [0.2, 0.25) is 0 Å². The molecule has 2 aromatic rings. The van der Waals surface area contributed by atoms with Gasteiger partial charge in [0.25, 0.3) is 0 Å². The zero-order chi connectivity index (χ0) is 13.1. The van der Waals surface area contributed by atoms with E-state index >= 15 is 0 Å². The van der Waals surface area contributed by atoms with Gasteiger partial charge < -0.3 is 10.4 Å². The third kappa shape index (κ3) is 3.00. The minimum absolute atomic E-state index is 0.464. The van der Waals surface area contributed by atoms with Crippen LogP contribution in [0, 0.1) is 0 Å². The lowest BCUT2D eigenvalue weighted by Crippen LogP contribution is -2.45. The fourth-order valence-electron chi connectivity index (χ4n) is 2.18. The summed E-state index contributed by atoms with van der Waals surface area (Å²) >= 11 is 1.64. The molecule has 0 bridgehead atoms. The van der Waals surface area contributed by atoms with Gasteiger partial charge in [-0.1, -0.05) is 6.07 Å². The van der Waals surface area contributed by atoms with Crippen molar-refractivity contribution in [2.24, 2.45) is 0 Å². The van der Waals surface area contributed by atoms with Gasteiger partial charge in [0.15, 0.2) is 0 Å². The summed E-state index contributed by atoms with van der Waals surface area (Å²) in [4.78, 5) is 9.85. The minimum atomic E-state index is -0.464. The Hall–Kier alpha value is -1.30. The van der Waals surface area contributed by atoms with Gasteiger partial charge in [0.05, 0.1) is 11.3 Å². The lowest BCUT2D eigenvalue weighted by Gasteiger charge is -2.36. The second-order valence-electron chi connectivity index (χ2n) is 5.03. The fourth-order valence-corrected chi connectivity index (χ4v) is 3.04. The summed E-state index contributed by atoms with van der Waals surface area (Å²) in [6, 6.07) is 5.83. The van der Waals surface area contributed by atoms with Gasteiger partial charge >= 0.3 is 0 Å². The topological polar surface area (TPSA) is 58.0 Å². The Morgan fingerprint density at radius 3 is 2.89 bits per heavy atom. The van der Waals surface area contributed by atoms with Crippen molar-refractivity contribution in [1.82, 2.24) is 15.3 Å². The zero-order valence-corrected chi connectivity index (χ0v) is 11.5. The predicted molar refractivity (Wildman–Crippen MR) is 75.9 cm³/mol. The van der Waals surface area contributed by atoms with Crippen molar-refractivity contribution in [2.75, 3.05) is 6.54 Å². The molecule has 2 heterocycles. The SMILES string of the molecule is OC1(CNCc2cnc(-c3ccccn3)s2)CCC1. The number of rotatable bonds is 5. The van der Waals surface area contributed by atoms with Gasteiger partial charge in [-0.15, -0.1) is 11.3 Å². The molecule has 0 amide bonds. The first-order valence-corrected chi connectivity index (χ1v) is 7.36. The molecule has 3 rings (SSSR count). The second kappa shape index (κ2) is 5.36. The number of hydrogen-bond donors (Lipinski definition) is 2. The lowest BCUT2D eigenvalue weighted by molar-refractivity contribution is -0.0314. The molecule has 2 N–H and O–H groups in total. The zero-order valence-electron chi connectivity index (χ0n) is 10.7. The molecule has 2 aromatic heterocycles. The van der Waals surface area contributed by atoms with Crippen molar-refractivity contribution in [3.63, 3.8) is 0 Å². The Bertz CT molecular complexity index is 537. The Balaban J connectivity index is 1.56. The van der Waals surface area contributed by atoms with E-state index in [1.807, 2.05) is 24.4 Å². The molecule has 0 unspecified atom stereocenters. The molecule has 0 aliphatic heterocycles. The standard InChI is InChI=1S/C14H17N3OS/c18-14(5-3-6-14)10-15-8-11-9-17-13(19-11)12-4-1-2-7-16-12/h1-2,4,7,9,15,18H,3,5-6,8,10H2. The van der Waals surface area contributed by atoms with Gasteiger partial charge in [0.2, 0.25) is 0 Å². The smallest absolute Gasteiger partial charge is 0.142 e. The highest BCUT2D eigenvalue weighted by Crippen LogP contribution is 2.30. The fraction of sp³-hybridized carbons (Fsp3) is 0.429. The third-order valence-corrected chi connectivity index (χ3v) is 4.49. The van der Waals surface area contributed by atoms with Crippen LogP contribution in [0.15, 0.2) is 30.6 Å². The van der Waals surface area contributed by atoms with Crippen molar-refractivity contribution >= 4 is 11.3 Å². The molecule has 19 heavy (non-hydrogen) atoms. The van der Waals surface area contributed by atoms with Crippen LogP contribution in [0.3, 0.4) is 0 Å². The van der Waals surface area contributed by atoms with Gasteiger partial charge in [0, 0.05) is 30.4 Å². The molecule has 100 valence electrons. The maximum absolute atomic E-state index is 9.99. The highest BCUT2D eigenvalue weighted by Gasteiger charge is 2.33. The first kappa shape index (κ1) is 12.7. The molecule has 0 atom stereocenters. The molecular weight excluding hydrogens is 258 g/mol. The van der Waals surface area contributed by atoms with Crippen LogP contribution < -0.4 is 5.32 Å². The monoisotopic (exact) mass is 275 g/mol. The average Bonchev–Trinajstić information content (AvgIpc) is 2.87. The molecule has 5 heteroatoms. The maximum Gasteiger partial charge on any atom is 0.142 e. The van der Waals surface area contributed by atoms with E-state index in [2.05, 4.69) is 15.3 Å². The van der Waals surface area contributed by atoms with Crippen LogP contribution in [0.4, 0.5) is 0 Å². The number of aromatic nitrogens is 2. The third-order valence-electron chi connectivity index (χ3n) is 3.48. The predicted octanol–water partition coefficient (Wildman–Crippen LogP) is 2.21. The number of aliphatic hydroxyl groups is 1. The summed E-state index contributed by atoms with van der Waals surface area (Å²) in [6.45, 7) is 1.43. The summed E-state index contributed by atoms with van der Waals surface area (Å²) in [5.74, 6) is 0. The number of hydrogen-bond acceptors (Lipinski definition) is 5. The van der Waals surface area contributed by atoms with Crippen molar-refractivity contribution in [3.8, 4) is 10.7 Å². The summed E-state index contributed by atoms with van der Waals surface area (Å²) in [5, 5.41) is 14.2. The van der Waals surface area contributed by atoms with Gasteiger partial charge in [-0.25, -0.2) is 4.98 Å². The van der Waals surface area contributed by atoms with E-state index in [0.717, 1.165) is 36.5 Å². The molecule has 0 radical (unpaired) electrons. The normalized spacial score (nSPS) is 17.1. The van der Waals surface area contributed by atoms with E-state index < -0.39 is 5.60 Å². The molecule has 0 aromatic carbocycles. The average molecular weight is 275 g/mol. The van der Waals surface area contributed by atoms with Crippen LogP contribution in [-0.4, -0.2) is 27.2 Å². The number of thiazole rings is 1. The Kier molecular flexibility index (Phi) is 3.59. The van der Waals surface area contributed by atoms with E-state index in [9.17, 15) is 5.11 Å². The van der Waals surface area contributed by atoms with Crippen LogP contribution >= 0.6 is 11.3 Å². The molecule has 1 aliphatic rings. The van der Waals surface area contributed by atoms with E-state index in [1.54, 1.807) is 17.5 Å². The molecule has 1 fully saturated rings. The van der Waals surface area contributed by atoms with Crippen molar-refractivity contribution < 1.29 is 5.11 Å². The minimum Gasteiger partial charge on any atom is -0.389 e. The van der Waals surface area contributed by atoms with Crippen LogP contribution in [0.5, 0.6) is 0 Å². The first-order chi connectivity index (χ1) is 9.25. The van der Waals surface area contributed by atoms with E-state index in [4.69, 9.17) is 0 Å². The van der Waals surface area contributed by atoms with Crippen LogP contribution in [0.1, 0.15) is 24.1 Å². The van der Waals surface area contributed by atoms with Crippen molar-refractivity contribution in [3.05, 3.63) is 35.5 Å². The Morgan fingerprint density at radius 1 is 1.32 bits per heavy atom. The van der Waals surface area contributed by atoms with E-state index in [1.165, 1.54) is 4.88 Å². The second-order valence-corrected chi connectivity index (χ2v) is 6.14. The quantitative estimate of drug-likeness (QED) is 0.878. The highest BCUT2D eigenvalue weighted by atomic mass is 32.1. The van der Waals surface area contributed by atoms with Gasteiger partial charge in [0.1, 0.15) is 5.01 Å². The summed E-state index contributed by atoms with van der Waals surface area (Å²) in [7, 11) is 0. The number of pyridine rings is 1. The summed E-state index contributed by atoms with van der Waals surface area (Å²) in [5.41, 5.74) is 0.450. The molecule has 1 aliphatic carbocycles. The van der Waals surface area contributed by atoms with Crippen molar-refractivity contribution in [1.29, 1.82) is 0 Å². The largest absolute Gasteiger partial charge is 0.389 e. The van der Waals surface area contributed by atoms with Crippen molar-refractivity contribution in [2.45, 2.75) is 31.4 Å². The first-order valence-electron chi connectivity index (χ1n) is 6.54. The molecule has 1 saturated carbocycles. The highest BCUT2D eigenvalue weighted by molar-refractivity contribution is 7.14. The van der Waals surface area contributed by atoms with Gasteiger partial charge in [-0.2, -0.15) is 0 Å². The number of nitrogens with one attached hydrogen (secondary N) is 1. The van der Waals surface area contributed by atoms with E-state index in [-0.39, 0.29) is 0 Å². The number of nitrogens with zero attached hydrogens (tertiary/aromatic N) is 2. The Labute approximate surface area is 116 Å². The van der Waals surface area contributed by atoms with Gasteiger partial charge in [-0.3, -0.25) is 4.98 Å². The van der Waals surface area contributed by atoms with Crippen LogP contribution in [-0.2, 0) is 6.54 Å².